The number of nitrogens with two attached hydrogens (primary N) is 1. The number of imidazole rings is 1. The molecule has 0 amide bonds. The molecule has 3 aromatic rings. The fraction of sp³-hybridized carbons (Fsp3) is 0.176. The second kappa shape index (κ2) is 5.89. The summed E-state index contributed by atoms with van der Waals surface area (Å²) in [5.74, 6) is 1.26. The smallest absolute Gasteiger partial charge is 0.161 e. The quantitative estimate of drug-likeness (QED) is 0.801. The van der Waals surface area contributed by atoms with E-state index in [2.05, 4.69) is 11.1 Å². The molecule has 6 nitrogen and oxygen atoms in total. The number of pyridine rings is 1. The second-order valence-corrected chi connectivity index (χ2v) is 5.00. The van der Waals surface area contributed by atoms with Crippen LogP contribution in [0.25, 0.3) is 16.9 Å². The average Bonchev–Trinajstić information content (AvgIpc) is 2.92. The maximum atomic E-state index is 9.15. The molecule has 0 aliphatic rings. The summed E-state index contributed by atoms with van der Waals surface area (Å²) in [7, 11) is 3.18. The Kier molecular flexibility index (Phi) is 3.77. The minimum atomic E-state index is 0.230. The van der Waals surface area contributed by atoms with Gasteiger partial charge in [0.25, 0.3) is 0 Å². The Balaban J connectivity index is 2.23. The van der Waals surface area contributed by atoms with Gasteiger partial charge in [0.15, 0.2) is 11.5 Å². The Morgan fingerprint density at radius 2 is 1.96 bits per heavy atom. The lowest BCUT2D eigenvalue weighted by Crippen LogP contribution is -1.96. The number of fused-ring (bicyclic) bond motifs is 1. The van der Waals surface area contributed by atoms with Crippen molar-refractivity contribution in [3.05, 3.63) is 42.2 Å². The molecule has 0 atom stereocenters. The first-order valence-electron chi connectivity index (χ1n) is 7.03. The van der Waals surface area contributed by atoms with Gasteiger partial charge in [0.2, 0.25) is 0 Å². The number of hydrogen-bond acceptors (Lipinski definition) is 5. The van der Waals surface area contributed by atoms with E-state index in [9.17, 15) is 0 Å². The number of nitriles is 1. The van der Waals surface area contributed by atoms with Crippen LogP contribution in [0.15, 0.2) is 36.5 Å². The monoisotopic (exact) mass is 308 g/mol. The van der Waals surface area contributed by atoms with Gasteiger partial charge in [-0.05, 0) is 30.3 Å². The molecule has 0 saturated carbocycles. The van der Waals surface area contributed by atoms with Crippen LogP contribution < -0.4 is 15.2 Å². The molecular formula is C17H16N4O2. The van der Waals surface area contributed by atoms with Crippen molar-refractivity contribution in [1.82, 2.24) is 9.38 Å². The van der Waals surface area contributed by atoms with E-state index in [4.69, 9.17) is 20.5 Å². The Labute approximate surface area is 133 Å². The first kappa shape index (κ1) is 14.7. The van der Waals surface area contributed by atoms with Gasteiger partial charge in [-0.25, -0.2) is 4.98 Å². The van der Waals surface area contributed by atoms with Crippen LogP contribution >= 0.6 is 0 Å². The normalized spacial score (nSPS) is 10.5. The van der Waals surface area contributed by atoms with Gasteiger partial charge in [0, 0.05) is 17.4 Å². The van der Waals surface area contributed by atoms with Crippen LogP contribution in [-0.2, 0) is 6.42 Å². The number of rotatable bonds is 4. The predicted molar refractivity (Wildman–Crippen MR) is 87.5 cm³/mol. The fourth-order valence-corrected chi connectivity index (χ4v) is 2.57. The summed E-state index contributed by atoms with van der Waals surface area (Å²) in [5.41, 5.74) is 9.60. The number of nitrogens with zero attached hydrogens (tertiary/aromatic N) is 3. The summed E-state index contributed by atoms with van der Waals surface area (Å²) in [6.45, 7) is 0. The van der Waals surface area contributed by atoms with Gasteiger partial charge < -0.3 is 19.6 Å². The van der Waals surface area contributed by atoms with E-state index in [1.807, 2.05) is 28.7 Å². The Hall–Kier alpha value is -3.20. The van der Waals surface area contributed by atoms with E-state index in [0.717, 1.165) is 22.6 Å². The van der Waals surface area contributed by atoms with Crippen molar-refractivity contribution < 1.29 is 9.47 Å². The molecule has 1 aromatic carbocycles. The topological polar surface area (TPSA) is 85.6 Å². The molecule has 116 valence electrons. The zero-order valence-corrected chi connectivity index (χ0v) is 12.9. The minimum absolute atomic E-state index is 0.230. The predicted octanol–water partition coefficient (Wildman–Crippen LogP) is 2.67. The maximum Gasteiger partial charge on any atom is 0.161 e. The Morgan fingerprint density at radius 1 is 1.17 bits per heavy atom. The van der Waals surface area contributed by atoms with E-state index in [1.54, 1.807) is 26.5 Å². The Morgan fingerprint density at radius 3 is 2.65 bits per heavy atom. The largest absolute Gasteiger partial charge is 0.493 e. The van der Waals surface area contributed by atoms with Gasteiger partial charge in [-0.1, -0.05) is 0 Å². The average molecular weight is 308 g/mol. The maximum absolute atomic E-state index is 9.15. The third kappa shape index (κ3) is 2.53. The minimum Gasteiger partial charge on any atom is -0.493 e. The van der Waals surface area contributed by atoms with Crippen molar-refractivity contribution in [1.29, 1.82) is 5.26 Å². The third-order valence-electron chi connectivity index (χ3n) is 3.64. The van der Waals surface area contributed by atoms with Crippen LogP contribution in [0.1, 0.15) is 5.69 Å². The van der Waals surface area contributed by atoms with Gasteiger partial charge in [0.05, 0.1) is 38.1 Å². The number of anilines is 1. The van der Waals surface area contributed by atoms with Crippen molar-refractivity contribution >= 4 is 11.3 Å². The molecule has 3 rings (SSSR count). The number of benzene rings is 1. The van der Waals surface area contributed by atoms with Gasteiger partial charge >= 0.3 is 0 Å². The summed E-state index contributed by atoms with van der Waals surface area (Å²) in [5, 5.41) is 9.15. The number of ether oxygens (including phenoxy) is 2. The molecule has 0 unspecified atom stereocenters. The first-order chi connectivity index (χ1) is 11.2. The molecule has 0 aliphatic heterocycles. The standard InChI is InChI=1S/C17H16N4O2/c1-22-14-5-3-11(9-15(14)23-2)17-13(7-8-18)21-10-12(19)4-6-16(21)20-17/h3-6,9-10H,7,19H2,1-2H3. The van der Waals surface area contributed by atoms with Crippen molar-refractivity contribution in [3.8, 4) is 28.8 Å². The molecule has 0 aliphatic carbocycles. The molecule has 6 heteroatoms. The van der Waals surface area contributed by atoms with Crippen LogP contribution in [0.4, 0.5) is 5.69 Å². The van der Waals surface area contributed by atoms with Crippen LogP contribution in [0.5, 0.6) is 11.5 Å². The molecule has 2 N–H and O–H groups in total. The highest BCUT2D eigenvalue weighted by atomic mass is 16.5. The highest BCUT2D eigenvalue weighted by Crippen LogP contribution is 2.34. The van der Waals surface area contributed by atoms with Crippen molar-refractivity contribution in [2.24, 2.45) is 0 Å². The van der Waals surface area contributed by atoms with Crippen molar-refractivity contribution in [3.63, 3.8) is 0 Å². The van der Waals surface area contributed by atoms with E-state index in [0.29, 0.717) is 17.2 Å². The van der Waals surface area contributed by atoms with Gasteiger partial charge in [-0.2, -0.15) is 5.26 Å². The zero-order valence-electron chi connectivity index (χ0n) is 12.9. The van der Waals surface area contributed by atoms with Crippen LogP contribution in [0.2, 0.25) is 0 Å². The summed E-state index contributed by atoms with van der Waals surface area (Å²) in [6.07, 6.45) is 2.01. The first-order valence-corrected chi connectivity index (χ1v) is 7.03. The van der Waals surface area contributed by atoms with E-state index in [1.165, 1.54) is 0 Å². The van der Waals surface area contributed by atoms with Crippen LogP contribution in [0, 0.1) is 11.3 Å². The summed E-state index contributed by atoms with van der Waals surface area (Å²) < 4.78 is 12.5. The lowest BCUT2D eigenvalue weighted by Gasteiger charge is -2.09. The molecule has 0 bridgehead atoms. The highest BCUT2D eigenvalue weighted by molar-refractivity contribution is 5.70. The number of aromatic nitrogens is 2. The second-order valence-electron chi connectivity index (χ2n) is 5.00. The molecule has 0 fully saturated rings. The molecule has 2 heterocycles. The van der Waals surface area contributed by atoms with Gasteiger partial charge in [0.1, 0.15) is 5.65 Å². The summed E-state index contributed by atoms with van der Waals surface area (Å²) >= 11 is 0. The number of hydrogen-bond donors (Lipinski definition) is 1. The van der Waals surface area contributed by atoms with Crippen LogP contribution in [-0.4, -0.2) is 23.6 Å². The van der Waals surface area contributed by atoms with Gasteiger partial charge in [-0.3, -0.25) is 0 Å². The van der Waals surface area contributed by atoms with E-state index < -0.39 is 0 Å². The molecule has 0 radical (unpaired) electrons. The molecular weight excluding hydrogens is 292 g/mol. The molecule has 0 saturated heterocycles. The zero-order chi connectivity index (χ0) is 16.4. The van der Waals surface area contributed by atoms with E-state index in [-0.39, 0.29) is 6.42 Å². The summed E-state index contributed by atoms with van der Waals surface area (Å²) in [6, 6.07) is 11.4. The SMILES string of the molecule is COc1ccc(-c2nc3ccc(N)cn3c2CC#N)cc1OC. The van der Waals surface area contributed by atoms with Crippen molar-refractivity contribution in [2.45, 2.75) is 6.42 Å². The number of nitrogen functional groups attached to an aromatic ring is 1. The Bertz CT molecular complexity index is 909. The van der Waals surface area contributed by atoms with Crippen molar-refractivity contribution in [2.75, 3.05) is 20.0 Å². The van der Waals surface area contributed by atoms with Gasteiger partial charge in [-0.15, -0.1) is 0 Å². The summed E-state index contributed by atoms with van der Waals surface area (Å²) in [4.78, 5) is 4.63. The van der Waals surface area contributed by atoms with Crippen LogP contribution in [0.3, 0.4) is 0 Å². The lowest BCUT2D eigenvalue weighted by molar-refractivity contribution is 0.355. The molecule has 0 spiro atoms. The lowest BCUT2D eigenvalue weighted by atomic mass is 10.1. The number of methoxy groups -OCH3 is 2. The molecule has 2 aromatic heterocycles. The fourth-order valence-electron chi connectivity index (χ4n) is 2.57. The third-order valence-corrected chi connectivity index (χ3v) is 3.64. The molecule has 23 heavy (non-hydrogen) atoms. The highest BCUT2D eigenvalue weighted by Gasteiger charge is 2.16. The van der Waals surface area contributed by atoms with E-state index >= 15 is 0 Å².